The fourth-order valence-electron chi connectivity index (χ4n) is 2.05. The second-order valence-electron chi connectivity index (χ2n) is 4.89. The van der Waals surface area contributed by atoms with Gasteiger partial charge in [-0.25, -0.2) is 8.42 Å². The molecule has 0 saturated carbocycles. The van der Waals surface area contributed by atoms with Gasteiger partial charge in [0.05, 0.1) is 0 Å². The average molecular weight is 318 g/mol. The molecule has 1 amide bonds. The predicted octanol–water partition coefficient (Wildman–Crippen LogP) is 1.31. The van der Waals surface area contributed by atoms with Gasteiger partial charge in [0.1, 0.15) is 0 Å². The van der Waals surface area contributed by atoms with Gasteiger partial charge >= 0.3 is 0 Å². The van der Waals surface area contributed by atoms with Gasteiger partial charge in [-0.05, 0) is 18.8 Å². The summed E-state index contributed by atoms with van der Waals surface area (Å²) < 4.78 is 26.2. The van der Waals surface area contributed by atoms with Crippen molar-refractivity contribution < 1.29 is 13.2 Å². The van der Waals surface area contributed by atoms with Gasteiger partial charge in [0, 0.05) is 19.5 Å². The minimum Gasteiger partial charge on any atom is -0.301 e. The Balaban J connectivity index is 2.15. The summed E-state index contributed by atoms with van der Waals surface area (Å²) in [6, 6.07) is 0. The zero-order valence-corrected chi connectivity index (χ0v) is 13.1. The van der Waals surface area contributed by atoms with Crippen molar-refractivity contribution in [3.63, 3.8) is 0 Å². The van der Waals surface area contributed by atoms with Crippen LogP contribution in [0.1, 0.15) is 33.1 Å². The molecule has 0 bridgehead atoms. The fraction of sp³-hybridized carbons (Fsp3) is 0.727. The van der Waals surface area contributed by atoms with Crippen molar-refractivity contribution in [2.75, 3.05) is 18.4 Å². The highest BCUT2D eigenvalue weighted by Crippen LogP contribution is 2.27. The fourth-order valence-corrected chi connectivity index (χ4v) is 4.70. The summed E-state index contributed by atoms with van der Waals surface area (Å²) in [5, 5.41) is 10.2. The maximum Gasteiger partial charge on any atom is 0.272 e. The molecule has 0 radical (unpaired) electrons. The van der Waals surface area contributed by atoms with Crippen LogP contribution in [0.3, 0.4) is 0 Å². The van der Waals surface area contributed by atoms with E-state index in [1.807, 2.05) is 6.92 Å². The van der Waals surface area contributed by atoms with E-state index in [1.54, 1.807) is 6.92 Å². The van der Waals surface area contributed by atoms with Gasteiger partial charge in [-0.15, -0.1) is 10.2 Å². The number of nitrogens with zero attached hydrogens (tertiary/aromatic N) is 3. The molecule has 0 unspecified atom stereocenters. The second-order valence-corrected chi connectivity index (χ2v) is 7.97. The molecule has 2 rings (SSSR count). The number of amides is 1. The lowest BCUT2D eigenvalue weighted by Crippen LogP contribution is -2.39. The third-order valence-electron chi connectivity index (χ3n) is 3.15. The second kappa shape index (κ2) is 6.15. The molecule has 1 atom stereocenters. The number of nitrogens with one attached hydrogen (secondary N) is 1. The van der Waals surface area contributed by atoms with Crippen LogP contribution >= 0.6 is 11.3 Å². The lowest BCUT2D eigenvalue weighted by molar-refractivity contribution is -0.115. The molecule has 1 fully saturated rings. The minimum atomic E-state index is -3.59. The number of carbonyl (C=O) groups excluding carboxylic acids is 1. The smallest absolute Gasteiger partial charge is 0.272 e. The van der Waals surface area contributed by atoms with Crippen LogP contribution in [0.2, 0.25) is 0 Å². The van der Waals surface area contributed by atoms with Crippen molar-refractivity contribution in [2.45, 2.75) is 37.4 Å². The lowest BCUT2D eigenvalue weighted by Gasteiger charge is -2.28. The van der Waals surface area contributed by atoms with Gasteiger partial charge in [0.2, 0.25) is 15.4 Å². The van der Waals surface area contributed by atoms with E-state index in [1.165, 1.54) is 4.31 Å². The highest BCUT2D eigenvalue weighted by molar-refractivity contribution is 7.91. The molecule has 1 aromatic heterocycles. The summed E-state index contributed by atoms with van der Waals surface area (Å²) >= 11 is 0.895. The van der Waals surface area contributed by atoms with Crippen LogP contribution in [0.5, 0.6) is 0 Å². The van der Waals surface area contributed by atoms with Crippen molar-refractivity contribution >= 4 is 32.4 Å². The van der Waals surface area contributed by atoms with Crippen molar-refractivity contribution in [1.82, 2.24) is 14.5 Å². The molecule has 20 heavy (non-hydrogen) atoms. The number of sulfonamides is 1. The van der Waals surface area contributed by atoms with Gasteiger partial charge in [-0.2, -0.15) is 4.31 Å². The van der Waals surface area contributed by atoms with Crippen molar-refractivity contribution in [3.05, 3.63) is 0 Å². The summed E-state index contributed by atoms with van der Waals surface area (Å²) in [5.74, 6) is 0.141. The molecule has 9 heteroatoms. The highest BCUT2D eigenvalue weighted by atomic mass is 32.2. The lowest BCUT2D eigenvalue weighted by atomic mass is 10.0. The van der Waals surface area contributed by atoms with Gasteiger partial charge in [-0.3, -0.25) is 4.79 Å². The Morgan fingerprint density at radius 3 is 2.90 bits per heavy atom. The number of aromatic nitrogens is 2. The molecule has 2 heterocycles. The summed E-state index contributed by atoms with van der Waals surface area (Å²) in [5.41, 5.74) is 0. The number of hydrogen-bond donors (Lipinski definition) is 1. The van der Waals surface area contributed by atoms with Crippen LogP contribution in [0.4, 0.5) is 5.13 Å². The van der Waals surface area contributed by atoms with E-state index in [0.29, 0.717) is 25.4 Å². The van der Waals surface area contributed by atoms with Crippen molar-refractivity contribution in [2.24, 2.45) is 5.92 Å². The Hall–Kier alpha value is -1.06. The van der Waals surface area contributed by atoms with Crippen LogP contribution in [-0.2, 0) is 14.8 Å². The first kappa shape index (κ1) is 15.3. The van der Waals surface area contributed by atoms with Gasteiger partial charge in [-0.1, -0.05) is 25.2 Å². The first-order valence-corrected chi connectivity index (χ1v) is 8.82. The van der Waals surface area contributed by atoms with Crippen molar-refractivity contribution in [1.29, 1.82) is 0 Å². The molecule has 7 nitrogen and oxygen atoms in total. The molecule has 0 aromatic carbocycles. The molecule has 0 spiro atoms. The Labute approximate surface area is 122 Å². The molecule has 0 aliphatic carbocycles. The van der Waals surface area contributed by atoms with Gasteiger partial charge < -0.3 is 5.32 Å². The topological polar surface area (TPSA) is 92.3 Å². The van der Waals surface area contributed by atoms with Crippen LogP contribution in [0.15, 0.2) is 4.34 Å². The first-order chi connectivity index (χ1) is 9.43. The number of hydrogen-bond acceptors (Lipinski definition) is 6. The number of carbonyl (C=O) groups is 1. The summed E-state index contributed by atoms with van der Waals surface area (Å²) in [6.45, 7) is 4.78. The average Bonchev–Trinajstić information content (AvgIpc) is 2.87. The molecule has 112 valence electrons. The van der Waals surface area contributed by atoms with E-state index in [2.05, 4.69) is 15.5 Å². The van der Waals surface area contributed by atoms with Crippen LogP contribution < -0.4 is 5.32 Å². The Morgan fingerprint density at radius 1 is 1.50 bits per heavy atom. The minimum absolute atomic E-state index is 0.0574. The largest absolute Gasteiger partial charge is 0.301 e. The Morgan fingerprint density at radius 2 is 2.25 bits per heavy atom. The predicted molar refractivity (Wildman–Crippen MR) is 76.0 cm³/mol. The molecule has 1 saturated heterocycles. The third-order valence-corrected chi connectivity index (χ3v) is 6.20. The molecule has 1 aliphatic rings. The molecule has 1 aliphatic heterocycles. The van der Waals surface area contributed by atoms with Gasteiger partial charge in [0.25, 0.3) is 10.0 Å². The molecule has 1 aromatic rings. The quantitative estimate of drug-likeness (QED) is 0.845. The van der Waals surface area contributed by atoms with E-state index < -0.39 is 10.0 Å². The third kappa shape index (κ3) is 3.33. The molecular weight excluding hydrogens is 300 g/mol. The Kier molecular flexibility index (Phi) is 4.71. The first-order valence-electron chi connectivity index (χ1n) is 6.57. The number of rotatable bonds is 4. The van der Waals surface area contributed by atoms with E-state index in [4.69, 9.17) is 0 Å². The highest BCUT2D eigenvalue weighted by Gasteiger charge is 2.31. The molecule has 1 N–H and O–H groups in total. The summed E-state index contributed by atoms with van der Waals surface area (Å²) in [6.07, 6.45) is 2.21. The maximum atomic E-state index is 12.4. The summed E-state index contributed by atoms with van der Waals surface area (Å²) in [7, 11) is -3.59. The van der Waals surface area contributed by atoms with Crippen LogP contribution in [0.25, 0.3) is 0 Å². The van der Waals surface area contributed by atoms with Crippen LogP contribution in [0, 0.1) is 5.92 Å². The van der Waals surface area contributed by atoms with Crippen molar-refractivity contribution in [3.8, 4) is 0 Å². The number of anilines is 1. The maximum absolute atomic E-state index is 12.4. The zero-order valence-electron chi connectivity index (χ0n) is 11.5. The van der Waals surface area contributed by atoms with E-state index in [9.17, 15) is 13.2 Å². The van der Waals surface area contributed by atoms with Crippen LogP contribution in [-0.4, -0.2) is 41.9 Å². The number of piperidine rings is 1. The molecular formula is C11H18N4O3S2. The normalized spacial score (nSPS) is 20.8. The SMILES string of the molecule is CCC(=O)Nc1nnc(S(=O)(=O)N2CCC[C@H](C)C2)s1. The van der Waals surface area contributed by atoms with E-state index in [-0.39, 0.29) is 15.4 Å². The standard InChI is InChI=1S/C11H18N4O3S2/c1-3-9(16)12-10-13-14-11(19-10)20(17,18)15-6-4-5-8(2)7-15/h8H,3-7H2,1-2H3,(H,12,13,16)/t8-/m0/s1. The van der Waals surface area contributed by atoms with E-state index in [0.717, 1.165) is 24.2 Å². The monoisotopic (exact) mass is 318 g/mol. The zero-order chi connectivity index (χ0) is 14.8. The van der Waals surface area contributed by atoms with Gasteiger partial charge in [0.15, 0.2) is 0 Å². The summed E-state index contributed by atoms with van der Waals surface area (Å²) in [4.78, 5) is 11.3. The van der Waals surface area contributed by atoms with E-state index >= 15 is 0 Å². The Bertz CT molecular complexity index is 584.